The second-order valence-electron chi connectivity index (χ2n) is 2.90. The van der Waals surface area contributed by atoms with Gasteiger partial charge in [0.05, 0.1) is 12.3 Å². The van der Waals surface area contributed by atoms with Crippen LogP contribution in [0.4, 0.5) is 0 Å². The Morgan fingerprint density at radius 3 is 2.67 bits per heavy atom. The zero-order valence-electron chi connectivity index (χ0n) is 8.00. The smallest absolute Gasteiger partial charge is 0.322 e. The molecule has 4 nitrogen and oxygen atoms in total. The summed E-state index contributed by atoms with van der Waals surface area (Å²) in [5.74, 6) is 0.674. The molecule has 0 aliphatic heterocycles. The lowest BCUT2D eigenvalue weighted by atomic mass is 10.3. The fraction of sp³-hybridized carbons (Fsp3) is 0.0909. The van der Waals surface area contributed by atoms with E-state index in [1.165, 1.54) is 0 Å². The third-order valence-corrected chi connectivity index (χ3v) is 1.81. The van der Waals surface area contributed by atoms with E-state index < -0.39 is 0 Å². The van der Waals surface area contributed by atoms with Crippen LogP contribution in [0.3, 0.4) is 0 Å². The van der Waals surface area contributed by atoms with Crippen LogP contribution in [0.15, 0.2) is 42.6 Å². The maximum atomic E-state index is 8.88. The molecule has 0 fully saturated rings. The van der Waals surface area contributed by atoms with Gasteiger partial charge >= 0.3 is 6.01 Å². The second-order valence-corrected chi connectivity index (χ2v) is 2.90. The maximum Gasteiger partial charge on any atom is 0.322 e. The van der Waals surface area contributed by atoms with Crippen molar-refractivity contribution < 1.29 is 9.84 Å². The summed E-state index contributed by atoms with van der Waals surface area (Å²) >= 11 is 0. The summed E-state index contributed by atoms with van der Waals surface area (Å²) in [6.07, 6.45) is 1.55. The highest BCUT2D eigenvalue weighted by molar-refractivity contribution is 5.24. The average molecular weight is 202 g/mol. The summed E-state index contributed by atoms with van der Waals surface area (Å²) in [4.78, 5) is 7.94. The van der Waals surface area contributed by atoms with Gasteiger partial charge in [0.2, 0.25) is 0 Å². The monoisotopic (exact) mass is 202 g/mol. The molecule has 2 aromatic rings. The Bertz CT molecular complexity index is 432. The number of rotatable bonds is 3. The largest absolute Gasteiger partial charge is 0.424 e. The van der Waals surface area contributed by atoms with Gasteiger partial charge in [-0.1, -0.05) is 18.2 Å². The second kappa shape index (κ2) is 4.52. The van der Waals surface area contributed by atoms with Gasteiger partial charge in [-0.2, -0.15) is 4.98 Å². The first-order valence-corrected chi connectivity index (χ1v) is 4.54. The van der Waals surface area contributed by atoms with Gasteiger partial charge in [0.15, 0.2) is 0 Å². The molecule has 0 bridgehead atoms. The minimum Gasteiger partial charge on any atom is -0.424 e. The number of aliphatic hydroxyl groups is 1. The van der Waals surface area contributed by atoms with E-state index in [4.69, 9.17) is 9.84 Å². The van der Waals surface area contributed by atoms with Gasteiger partial charge in [0.25, 0.3) is 0 Å². The van der Waals surface area contributed by atoms with Gasteiger partial charge in [-0.3, -0.25) is 0 Å². The molecule has 2 rings (SSSR count). The molecule has 15 heavy (non-hydrogen) atoms. The molecule has 0 spiro atoms. The van der Waals surface area contributed by atoms with Crippen LogP contribution in [0.25, 0.3) is 0 Å². The highest BCUT2D eigenvalue weighted by Gasteiger charge is 2.00. The number of benzene rings is 1. The van der Waals surface area contributed by atoms with E-state index in [2.05, 4.69) is 9.97 Å². The normalized spacial score (nSPS) is 9.93. The maximum absolute atomic E-state index is 8.88. The van der Waals surface area contributed by atoms with Crippen molar-refractivity contribution in [2.24, 2.45) is 0 Å². The minimum absolute atomic E-state index is 0.117. The molecular formula is C11H10N2O2. The van der Waals surface area contributed by atoms with Crippen molar-refractivity contribution in [3.8, 4) is 11.8 Å². The molecule has 0 saturated carbocycles. The Morgan fingerprint density at radius 1 is 1.13 bits per heavy atom. The summed E-state index contributed by atoms with van der Waals surface area (Å²) in [6, 6.07) is 11.1. The predicted octanol–water partition coefficient (Wildman–Crippen LogP) is 1.76. The summed E-state index contributed by atoms with van der Waals surface area (Å²) < 4.78 is 5.39. The number of hydrogen-bond donors (Lipinski definition) is 1. The van der Waals surface area contributed by atoms with Crippen LogP contribution in [0, 0.1) is 0 Å². The number of hydrogen-bond acceptors (Lipinski definition) is 4. The highest BCUT2D eigenvalue weighted by atomic mass is 16.5. The molecule has 0 amide bonds. The van der Waals surface area contributed by atoms with Gasteiger partial charge in [-0.05, 0) is 18.2 Å². The van der Waals surface area contributed by atoms with Gasteiger partial charge in [0.1, 0.15) is 5.75 Å². The average Bonchev–Trinajstić information content (AvgIpc) is 2.31. The molecule has 4 heteroatoms. The van der Waals surface area contributed by atoms with Crippen molar-refractivity contribution in [2.45, 2.75) is 6.61 Å². The van der Waals surface area contributed by atoms with E-state index in [-0.39, 0.29) is 12.6 Å². The van der Waals surface area contributed by atoms with E-state index in [0.717, 1.165) is 0 Å². The molecular weight excluding hydrogens is 192 g/mol. The number of ether oxygens (including phenoxy) is 1. The fourth-order valence-corrected chi connectivity index (χ4v) is 1.11. The molecule has 0 saturated heterocycles. The molecule has 76 valence electrons. The van der Waals surface area contributed by atoms with Crippen LogP contribution < -0.4 is 4.74 Å². The Kier molecular flexibility index (Phi) is 2.90. The molecule has 1 aromatic heterocycles. The lowest BCUT2D eigenvalue weighted by Gasteiger charge is -2.03. The quantitative estimate of drug-likeness (QED) is 0.823. The number of nitrogens with zero attached hydrogens (tertiary/aromatic N) is 2. The van der Waals surface area contributed by atoms with E-state index in [0.29, 0.717) is 11.4 Å². The van der Waals surface area contributed by atoms with Crippen LogP contribution in [-0.2, 0) is 6.61 Å². The summed E-state index contributed by atoms with van der Waals surface area (Å²) in [5, 5.41) is 8.88. The topological polar surface area (TPSA) is 55.2 Å². The molecule has 0 aliphatic carbocycles. The van der Waals surface area contributed by atoms with Crippen LogP contribution in [0.1, 0.15) is 5.69 Å². The van der Waals surface area contributed by atoms with Crippen LogP contribution in [0.5, 0.6) is 11.8 Å². The third-order valence-electron chi connectivity index (χ3n) is 1.81. The molecule has 1 heterocycles. The fourth-order valence-electron chi connectivity index (χ4n) is 1.11. The molecule has 0 radical (unpaired) electrons. The van der Waals surface area contributed by atoms with Crippen LogP contribution in [0.2, 0.25) is 0 Å². The number of para-hydroxylation sites is 1. The molecule has 0 unspecified atom stereocenters. The van der Waals surface area contributed by atoms with E-state index in [1.54, 1.807) is 12.3 Å². The van der Waals surface area contributed by atoms with Crippen molar-refractivity contribution in [1.29, 1.82) is 0 Å². The Balaban J connectivity index is 2.17. The SMILES string of the molecule is OCc1ccnc(Oc2ccccc2)n1. The zero-order valence-corrected chi connectivity index (χ0v) is 8.00. The van der Waals surface area contributed by atoms with Gasteiger partial charge in [-0.15, -0.1) is 0 Å². The first-order chi connectivity index (χ1) is 7.38. The highest BCUT2D eigenvalue weighted by Crippen LogP contribution is 2.16. The first kappa shape index (κ1) is 9.61. The van der Waals surface area contributed by atoms with E-state index in [9.17, 15) is 0 Å². The predicted molar refractivity (Wildman–Crippen MR) is 54.5 cm³/mol. The van der Waals surface area contributed by atoms with Crippen molar-refractivity contribution in [1.82, 2.24) is 9.97 Å². The first-order valence-electron chi connectivity index (χ1n) is 4.54. The molecule has 0 aliphatic rings. The Morgan fingerprint density at radius 2 is 1.93 bits per heavy atom. The number of aromatic nitrogens is 2. The Labute approximate surface area is 87.2 Å². The summed E-state index contributed by atoms with van der Waals surface area (Å²) in [5.41, 5.74) is 0.538. The van der Waals surface area contributed by atoms with Crippen LogP contribution >= 0.6 is 0 Å². The number of aliphatic hydroxyl groups excluding tert-OH is 1. The summed E-state index contributed by atoms with van der Waals surface area (Å²) in [6.45, 7) is -0.117. The van der Waals surface area contributed by atoms with Crippen LogP contribution in [-0.4, -0.2) is 15.1 Å². The standard InChI is InChI=1S/C11H10N2O2/c14-8-9-6-7-12-11(13-9)15-10-4-2-1-3-5-10/h1-7,14H,8H2. The lowest BCUT2D eigenvalue weighted by Crippen LogP contribution is -1.95. The van der Waals surface area contributed by atoms with Crippen molar-refractivity contribution >= 4 is 0 Å². The minimum atomic E-state index is -0.117. The molecule has 1 N–H and O–H groups in total. The third kappa shape index (κ3) is 2.51. The van der Waals surface area contributed by atoms with Gasteiger partial charge in [0, 0.05) is 6.20 Å². The van der Waals surface area contributed by atoms with Crippen molar-refractivity contribution in [3.63, 3.8) is 0 Å². The lowest BCUT2D eigenvalue weighted by molar-refractivity contribution is 0.274. The molecule has 0 atom stereocenters. The zero-order chi connectivity index (χ0) is 10.5. The van der Waals surface area contributed by atoms with Gasteiger partial charge in [-0.25, -0.2) is 4.98 Å². The van der Waals surface area contributed by atoms with Gasteiger partial charge < -0.3 is 9.84 Å². The van der Waals surface area contributed by atoms with Crippen molar-refractivity contribution in [2.75, 3.05) is 0 Å². The molecule has 1 aromatic carbocycles. The summed E-state index contributed by atoms with van der Waals surface area (Å²) in [7, 11) is 0. The van der Waals surface area contributed by atoms with E-state index >= 15 is 0 Å². The van der Waals surface area contributed by atoms with Crippen molar-refractivity contribution in [3.05, 3.63) is 48.3 Å². The Hall–Kier alpha value is -1.94. The van der Waals surface area contributed by atoms with E-state index in [1.807, 2.05) is 30.3 Å².